The van der Waals surface area contributed by atoms with E-state index in [1.807, 2.05) is 0 Å². The molecule has 0 bridgehead atoms. The number of aromatic carboxylic acids is 1. The lowest BCUT2D eigenvalue weighted by molar-refractivity contribution is 0.0371. The van der Waals surface area contributed by atoms with Crippen LogP contribution in [0.5, 0.6) is 0 Å². The number of benzene rings is 2. The van der Waals surface area contributed by atoms with Gasteiger partial charge in [-0.25, -0.2) is 14.6 Å². The van der Waals surface area contributed by atoms with E-state index >= 15 is 0 Å². The molecule has 0 aromatic heterocycles. The highest BCUT2D eigenvalue weighted by atomic mass is 16.7. The van der Waals surface area contributed by atoms with Crippen LogP contribution in [0.25, 0.3) is 0 Å². The molecule has 23 heavy (non-hydrogen) atoms. The number of carbonyl (C=O) groups is 1. The largest absolute Gasteiger partial charge is 0.478 e. The fourth-order valence-corrected chi connectivity index (χ4v) is 2.22. The molecule has 0 aliphatic carbocycles. The number of carboxylic acid groups (broad SMARTS) is 1. The number of amidine groups is 1. The zero-order valence-electron chi connectivity index (χ0n) is 12.1. The predicted molar refractivity (Wildman–Crippen MR) is 82.7 cm³/mol. The summed E-state index contributed by atoms with van der Waals surface area (Å²) in [5.41, 5.74) is 5.42. The first-order valence-corrected chi connectivity index (χ1v) is 6.96. The number of rotatable bonds is 4. The van der Waals surface area contributed by atoms with Crippen molar-refractivity contribution >= 4 is 11.8 Å². The van der Waals surface area contributed by atoms with Gasteiger partial charge in [0.25, 0.3) is 0 Å². The standard InChI is InChI=1S/C17H13N3O3/c18-10-12-3-5-13(6-4-12)16-19-15(20-23-16)9-11-1-7-14(8-2-11)17(21)22/h1-8,16H,9H2,(H,19,20)(H,21,22). The van der Waals surface area contributed by atoms with Crippen LogP contribution in [0.1, 0.15) is 33.3 Å². The maximum Gasteiger partial charge on any atom is 0.335 e. The first kappa shape index (κ1) is 14.8. The molecule has 0 saturated carbocycles. The molecule has 2 aromatic rings. The third-order valence-corrected chi connectivity index (χ3v) is 3.46. The summed E-state index contributed by atoms with van der Waals surface area (Å²) in [4.78, 5) is 20.7. The quantitative estimate of drug-likeness (QED) is 0.904. The van der Waals surface area contributed by atoms with Crippen LogP contribution in [0, 0.1) is 11.3 Å². The Morgan fingerprint density at radius 1 is 1.22 bits per heavy atom. The van der Waals surface area contributed by atoms with Gasteiger partial charge in [0, 0.05) is 12.0 Å². The van der Waals surface area contributed by atoms with Crippen molar-refractivity contribution in [2.45, 2.75) is 12.6 Å². The zero-order chi connectivity index (χ0) is 16.2. The van der Waals surface area contributed by atoms with Gasteiger partial charge in [0.15, 0.2) is 0 Å². The molecule has 2 aromatic carbocycles. The number of nitrogens with zero attached hydrogens (tertiary/aromatic N) is 2. The van der Waals surface area contributed by atoms with Gasteiger partial charge in [0.1, 0.15) is 5.84 Å². The molecular weight excluding hydrogens is 294 g/mol. The van der Waals surface area contributed by atoms with Crippen molar-refractivity contribution in [1.82, 2.24) is 5.48 Å². The monoisotopic (exact) mass is 307 g/mol. The molecule has 0 saturated heterocycles. The van der Waals surface area contributed by atoms with Crippen molar-refractivity contribution < 1.29 is 14.7 Å². The fraction of sp³-hybridized carbons (Fsp3) is 0.118. The summed E-state index contributed by atoms with van der Waals surface area (Å²) in [7, 11) is 0. The van der Waals surface area contributed by atoms with Crippen molar-refractivity contribution in [3.05, 3.63) is 70.8 Å². The average Bonchev–Trinajstić information content (AvgIpc) is 3.04. The SMILES string of the molecule is N#Cc1ccc(C2N=C(Cc3ccc(C(=O)O)cc3)NO2)cc1. The van der Waals surface area contributed by atoms with Gasteiger partial charge >= 0.3 is 5.97 Å². The van der Waals surface area contributed by atoms with Crippen LogP contribution in [0.4, 0.5) is 0 Å². The first-order chi connectivity index (χ1) is 11.2. The Morgan fingerprint density at radius 3 is 2.52 bits per heavy atom. The predicted octanol–water partition coefficient (Wildman–Crippen LogP) is 2.43. The highest BCUT2D eigenvalue weighted by Gasteiger charge is 2.19. The van der Waals surface area contributed by atoms with E-state index in [0.717, 1.165) is 11.1 Å². The van der Waals surface area contributed by atoms with E-state index in [2.05, 4.69) is 16.5 Å². The van der Waals surface area contributed by atoms with E-state index in [4.69, 9.17) is 15.2 Å². The molecule has 0 amide bonds. The summed E-state index contributed by atoms with van der Waals surface area (Å²) in [6.45, 7) is 0. The molecule has 6 nitrogen and oxygen atoms in total. The molecular formula is C17H13N3O3. The molecule has 0 spiro atoms. The number of hydroxylamine groups is 1. The Kier molecular flexibility index (Phi) is 4.04. The number of aliphatic imine (C=N–C) groups is 1. The minimum Gasteiger partial charge on any atom is -0.478 e. The van der Waals surface area contributed by atoms with Crippen LogP contribution in [-0.4, -0.2) is 16.9 Å². The van der Waals surface area contributed by atoms with E-state index in [9.17, 15) is 4.79 Å². The maximum absolute atomic E-state index is 10.8. The molecule has 1 aliphatic heterocycles. The van der Waals surface area contributed by atoms with Gasteiger partial charge in [-0.15, -0.1) is 0 Å². The summed E-state index contributed by atoms with van der Waals surface area (Å²) in [5, 5.41) is 17.7. The molecule has 0 radical (unpaired) electrons. The number of carboxylic acids is 1. The van der Waals surface area contributed by atoms with Gasteiger partial charge in [0.05, 0.1) is 17.2 Å². The summed E-state index contributed by atoms with van der Waals surface area (Å²) >= 11 is 0. The first-order valence-electron chi connectivity index (χ1n) is 6.96. The Morgan fingerprint density at radius 2 is 1.91 bits per heavy atom. The maximum atomic E-state index is 10.8. The number of hydrogen-bond acceptors (Lipinski definition) is 5. The Bertz CT molecular complexity index is 789. The van der Waals surface area contributed by atoms with Gasteiger partial charge in [-0.3, -0.25) is 5.48 Å². The summed E-state index contributed by atoms with van der Waals surface area (Å²) in [6, 6.07) is 15.7. The smallest absolute Gasteiger partial charge is 0.335 e. The van der Waals surface area contributed by atoms with Crippen LogP contribution in [0.15, 0.2) is 53.5 Å². The van der Waals surface area contributed by atoms with E-state index in [0.29, 0.717) is 17.8 Å². The molecule has 1 aliphatic rings. The molecule has 0 fully saturated rings. The highest BCUT2D eigenvalue weighted by molar-refractivity contribution is 5.88. The normalized spacial score (nSPS) is 16.3. The molecule has 1 atom stereocenters. The van der Waals surface area contributed by atoms with Crippen LogP contribution < -0.4 is 5.48 Å². The van der Waals surface area contributed by atoms with E-state index in [-0.39, 0.29) is 5.56 Å². The van der Waals surface area contributed by atoms with Gasteiger partial charge in [-0.05, 0) is 29.8 Å². The number of hydrogen-bond donors (Lipinski definition) is 2. The van der Waals surface area contributed by atoms with Crippen LogP contribution in [0.2, 0.25) is 0 Å². The second-order valence-electron chi connectivity index (χ2n) is 5.06. The molecule has 114 valence electrons. The summed E-state index contributed by atoms with van der Waals surface area (Å²) < 4.78 is 0. The average molecular weight is 307 g/mol. The number of nitrogens with one attached hydrogen (secondary N) is 1. The lowest BCUT2D eigenvalue weighted by Crippen LogP contribution is -2.19. The van der Waals surface area contributed by atoms with E-state index in [1.54, 1.807) is 48.5 Å². The highest BCUT2D eigenvalue weighted by Crippen LogP contribution is 2.22. The van der Waals surface area contributed by atoms with Crippen molar-refractivity contribution in [2.24, 2.45) is 4.99 Å². The van der Waals surface area contributed by atoms with Crippen molar-refractivity contribution in [3.8, 4) is 6.07 Å². The molecule has 6 heteroatoms. The van der Waals surface area contributed by atoms with Crippen LogP contribution in [-0.2, 0) is 11.3 Å². The Labute approximate surface area is 132 Å². The van der Waals surface area contributed by atoms with Gasteiger partial charge < -0.3 is 5.11 Å². The minimum atomic E-state index is -0.947. The van der Waals surface area contributed by atoms with Crippen LogP contribution >= 0.6 is 0 Å². The zero-order valence-corrected chi connectivity index (χ0v) is 12.1. The third-order valence-electron chi connectivity index (χ3n) is 3.46. The Balaban J connectivity index is 1.69. The van der Waals surface area contributed by atoms with Crippen molar-refractivity contribution in [3.63, 3.8) is 0 Å². The van der Waals surface area contributed by atoms with Crippen LogP contribution in [0.3, 0.4) is 0 Å². The Hall–Kier alpha value is -3.17. The lowest BCUT2D eigenvalue weighted by atomic mass is 10.1. The van der Waals surface area contributed by atoms with Crippen molar-refractivity contribution in [2.75, 3.05) is 0 Å². The van der Waals surface area contributed by atoms with E-state index < -0.39 is 12.2 Å². The van der Waals surface area contributed by atoms with Crippen molar-refractivity contribution in [1.29, 1.82) is 5.26 Å². The molecule has 1 heterocycles. The second kappa shape index (κ2) is 6.30. The number of nitriles is 1. The second-order valence-corrected chi connectivity index (χ2v) is 5.06. The van der Waals surface area contributed by atoms with E-state index in [1.165, 1.54) is 0 Å². The summed E-state index contributed by atoms with van der Waals surface area (Å²) in [5.74, 6) is -0.278. The van der Waals surface area contributed by atoms with Gasteiger partial charge in [0.2, 0.25) is 6.23 Å². The molecule has 3 rings (SSSR count). The topological polar surface area (TPSA) is 94.7 Å². The molecule has 1 unspecified atom stereocenters. The fourth-order valence-electron chi connectivity index (χ4n) is 2.22. The molecule has 2 N–H and O–H groups in total. The third kappa shape index (κ3) is 3.36. The van der Waals surface area contributed by atoms with Gasteiger partial charge in [-0.1, -0.05) is 24.3 Å². The summed E-state index contributed by atoms with van der Waals surface area (Å²) in [6.07, 6.45) is 0.0724. The lowest BCUT2D eigenvalue weighted by Gasteiger charge is -2.05. The minimum absolute atomic E-state index is 0.252. The van der Waals surface area contributed by atoms with Gasteiger partial charge in [-0.2, -0.15) is 5.26 Å².